The molecule has 23 heavy (non-hydrogen) atoms. The maximum Gasteiger partial charge on any atom is 0.321 e. The van der Waals surface area contributed by atoms with Crippen LogP contribution in [0.5, 0.6) is 0 Å². The average Bonchev–Trinajstić information content (AvgIpc) is 2.50. The van der Waals surface area contributed by atoms with Crippen LogP contribution >= 0.6 is 0 Å². The third-order valence-corrected chi connectivity index (χ3v) is 4.41. The molecular formula is C18H28N3O2+. The van der Waals surface area contributed by atoms with Crippen molar-refractivity contribution >= 4 is 11.9 Å². The molecule has 0 aliphatic heterocycles. The topological polar surface area (TPSA) is 62.6 Å². The van der Waals surface area contributed by atoms with Gasteiger partial charge in [0.2, 0.25) is 0 Å². The van der Waals surface area contributed by atoms with Gasteiger partial charge in [0, 0.05) is 11.6 Å². The number of hydrogen-bond acceptors (Lipinski definition) is 2. The fourth-order valence-corrected chi connectivity index (χ4v) is 3.11. The summed E-state index contributed by atoms with van der Waals surface area (Å²) in [6.07, 6.45) is 5.58. The molecule has 5 heteroatoms. The number of amides is 3. The van der Waals surface area contributed by atoms with Crippen molar-refractivity contribution in [1.29, 1.82) is 0 Å². The van der Waals surface area contributed by atoms with E-state index in [1.165, 1.54) is 17.5 Å². The monoisotopic (exact) mass is 318 g/mol. The summed E-state index contributed by atoms with van der Waals surface area (Å²) in [5, 5.41) is 5.35. The molecule has 2 rings (SSSR count). The van der Waals surface area contributed by atoms with Gasteiger partial charge in [-0.05, 0) is 25.3 Å². The zero-order valence-electron chi connectivity index (χ0n) is 14.2. The summed E-state index contributed by atoms with van der Waals surface area (Å²) in [5.41, 5.74) is 2.45. The van der Waals surface area contributed by atoms with E-state index in [0.717, 1.165) is 37.1 Å². The number of urea groups is 1. The second-order valence-corrected chi connectivity index (χ2v) is 6.59. The molecule has 0 spiro atoms. The fraction of sp³-hybridized carbons (Fsp3) is 0.556. The molecule has 1 aliphatic carbocycles. The number of imide groups is 1. The van der Waals surface area contributed by atoms with Gasteiger partial charge < -0.3 is 10.2 Å². The quantitative estimate of drug-likeness (QED) is 0.763. The van der Waals surface area contributed by atoms with E-state index in [0.29, 0.717) is 0 Å². The fourth-order valence-electron chi connectivity index (χ4n) is 3.11. The zero-order valence-corrected chi connectivity index (χ0v) is 14.2. The number of quaternary nitrogens is 1. The summed E-state index contributed by atoms with van der Waals surface area (Å²) >= 11 is 0. The van der Waals surface area contributed by atoms with Crippen LogP contribution in [0, 0.1) is 6.92 Å². The summed E-state index contributed by atoms with van der Waals surface area (Å²) in [4.78, 5) is 24.9. The largest absolute Gasteiger partial charge is 0.335 e. The molecule has 1 aromatic rings. The van der Waals surface area contributed by atoms with Gasteiger partial charge in [-0.25, -0.2) is 4.79 Å². The number of carbonyl (C=O) groups excluding carboxylic acids is 2. The molecule has 1 unspecified atom stereocenters. The predicted octanol–water partition coefficient (Wildman–Crippen LogP) is 1.17. The number of aryl methyl sites for hydroxylation is 1. The predicted molar refractivity (Wildman–Crippen MR) is 90.2 cm³/mol. The van der Waals surface area contributed by atoms with Crippen LogP contribution in [0.25, 0.3) is 0 Å². The van der Waals surface area contributed by atoms with Crippen LogP contribution in [0.2, 0.25) is 0 Å². The van der Waals surface area contributed by atoms with Gasteiger partial charge in [0.05, 0.1) is 7.05 Å². The lowest BCUT2D eigenvalue weighted by Crippen LogP contribution is -3.09. The normalized spacial score (nSPS) is 16.6. The van der Waals surface area contributed by atoms with E-state index in [1.54, 1.807) is 0 Å². The molecule has 0 saturated heterocycles. The van der Waals surface area contributed by atoms with Crippen LogP contribution in [0.4, 0.5) is 4.79 Å². The molecule has 3 amide bonds. The number of hydrogen-bond donors (Lipinski definition) is 3. The summed E-state index contributed by atoms with van der Waals surface area (Å²) in [6.45, 7) is 3.12. The molecule has 0 heterocycles. The van der Waals surface area contributed by atoms with Crippen molar-refractivity contribution in [1.82, 2.24) is 10.6 Å². The Balaban J connectivity index is 1.73. The lowest BCUT2D eigenvalue weighted by molar-refractivity contribution is -0.885. The first-order valence-electron chi connectivity index (χ1n) is 8.50. The third kappa shape index (κ3) is 6.02. The Hall–Kier alpha value is -1.88. The van der Waals surface area contributed by atoms with Gasteiger partial charge in [-0.3, -0.25) is 10.1 Å². The van der Waals surface area contributed by atoms with Crippen LogP contribution in [0.3, 0.4) is 0 Å². The number of nitrogens with one attached hydrogen (secondary N) is 3. The molecule has 0 bridgehead atoms. The highest BCUT2D eigenvalue weighted by molar-refractivity contribution is 5.94. The Bertz CT molecular complexity index is 539. The van der Waals surface area contributed by atoms with E-state index in [9.17, 15) is 9.59 Å². The van der Waals surface area contributed by atoms with Crippen LogP contribution in [0.1, 0.15) is 43.2 Å². The second-order valence-electron chi connectivity index (χ2n) is 6.59. The van der Waals surface area contributed by atoms with Crippen molar-refractivity contribution in [2.75, 3.05) is 13.6 Å². The lowest BCUT2D eigenvalue weighted by atomic mass is 9.96. The Morgan fingerprint density at radius 3 is 2.57 bits per heavy atom. The molecular weight excluding hydrogens is 290 g/mol. The third-order valence-electron chi connectivity index (χ3n) is 4.41. The molecule has 0 radical (unpaired) electrons. The van der Waals surface area contributed by atoms with Gasteiger partial charge in [-0.2, -0.15) is 0 Å². The van der Waals surface area contributed by atoms with Crippen molar-refractivity contribution in [3.63, 3.8) is 0 Å². The average molecular weight is 318 g/mol. The summed E-state index contributed by atoms with van der Waals surface area (Å²) < 4.78 is 0. The number of benzene rings is 1. The molecule has 126 valence electrons. The Morgan fingerprint density at radius 1 is 1.17 bits per heavy atom. The minimum absolute atomic E-state index is 0.216. The molecule has 1 atom stereocenters. The maximum atomic E-state index is 12.0. The van der Waals surface area contributed by atoms with E-state index < -0.39 is 0 Å². The van der Waals surface area contributed by atoms with Crippen LogP contribution < -0.4 is 15.5 Å². The van der Waals surface area contributed by atoms with Crippen molar-refractivity contribution in [2.24, 2.45) is 0 Å². The van der Waals surface area contributed by atoms with Crippen LogP contribution in [-0.4, -0.2) is 31.6 Å². The van der Waals surface area contributed by atoms with Gasteiger partial charge in [0.1, 0.15) is 6.54 Å². The maximum absolute atomic E-state index is 12.0. The standard InChI is InChI=1S/C18H27N3O2/c1-14-8-6-7-9-15(14)12-21(2)13-17(22)20-18(23)19-16-10-4-3-5-11-16/h6-9,16H,3-5,10-13H2,1-2H3,(H2,19,20,22,23)/p+1. The highest BCUT2D eigenvalue weighted by Gasteiger charge is 2.18. The van der Waals surface area contributed by atoms with Gasteiger partial charge in [0.25, 0.3) is 5.91 Å². The molecule has 5 nitrogen and oxygen atoms in total. The molecule has 1 saturated carbocycles. The first-order valence-corrected chi connectivity index (χ1v) is 8.50. The highest BCUT2D eigenvalue weighted by atomic mass is 16.2. The summed E-state index contributed by atoms with van der Waals surface area (Å²) in [7, 11) is 1.96. The SMILES string of the molecule is Cc1ccccc1C[NH+](C)CC(=O)NC(=O)NC1CCCCC1. The Labute approximate surface area is 138 Å². The van der Waals surface area contributed by atoms with Crippen molar-refractivity contribution in [3.8, 4) is 0 Å². The molecule has 1 aliphatic rings. The highest BCUT2D eigenvalue weighted by Crippen LogP contribution is 2.17. The van der Waals surface area contributed by atoms with Crippen LogP contribution in [0.15, 0.2) is 24.3 Å². The van der Waals surface area contributed by atoms with Gasteiger partial charge in [-0.15, -0.1) is 0 Å². The Kier molecular flexibility index (Phi) is 6.59. The van der Waals surface area contributed by atoms with Crippen molar-refractivity contribution in [3.05, 3.63) is 35.4 Å². The lowest BCUT2D eigenvalue weighted by Gasteiger charge is -2.22. The van der Waals surface area contributed by atoms with E-state index >= 15 is 0 Å². The minimum atomic E-state index is -0.356. The van der Waals surface area contributed by atoms with Crippen LogP contribution in [-0.2, 0) is 11.3 Å². The molecule has 1 aromatic carbocycles. The minimum Gasteiger partial charge on any atom is -0.335 e. The zero-order chi connectivity index (χ0) is 16.7. The van der Waals surface area contributed by atoms with Crippen molar-refractivity contribution in [2.45, 2.75) is 51.6 Å². The number of carbonyl (C=O) groups is 2. The Morgan fingerprint density at radius 2 is 1.87 bits per heavy atom. The summed E-state index contributed by atoms with van der Waals surface area (Å²) in [5.74, 6) is -0.232. The first kappa shape index (κ1) is 17.5. The number of likely N-dealkylation sites (N-methyl/N-ethyl adjacent to an activating group) is 1. The van der Waals surface area contributed by atoms with E-state index in [1.807, 2.05) is 19.2 Å². The second kappa shape index (κ2) is 8.67. The first-order chi connectivity index (χ1) is 11.0. The number of rotatable bonds is 5. The molecule has 1 fully saturated rings. The van der Waals surface area contributed by atoms with Gasteiger partial charge >= 0.3 is 6.03 Å². The molecule has 3 N–H and O–H groups in total. The van der Waals surface area contributed by atoms with E-state index in [4.69, 9.17) is 0 Å². The van der Waals surface area contributed by atoms with E-state index in [2.05, 4.69) is 29.7 Å². The molecule has 0 aromatic heterocycles. The summed E-state index contributed by atoms with van der Waals surface area (Å²) in [6, 6.07) is 8.02. The van der Waals surface area contributed by atoms with Crippen molar-refractivity contribution < 1.29 is 14.5 Å². The van der Waals surface area contributed by atoms with Gasteiger partial charge in [-0.1, -0.05) is 43.5 Å². The smallest absolute Gasteiger partial charge is 0.321 e. The van der Waals surface area contributed by atoms with E-state index in [-0.39, 0.29) is 24.5 Å². The van der Waals surface area contributed by atoms with Gasteiger partial charge in [0.15, 0.2) is 6.54 Å².